The first-order valence-corrected chi connectivity index (χ1v) is 9.65. The van der Waals surface area contributed by atoms with Gasteiger partial charge in [-0.3, -0.25) is 4.99 Å². The molecule has 1 aliphatic heterocycles. The number of likely N-dealkylation sites (tertiary alicyclic amines) is 1. The Bertz CT molecular complexity index is 772. The largest absolute Gasteiger partial charge is 0.444 e. The molecule has 0 atom stereocenters. The fourth-order valence-corrected chi connectivity index (χ4v) is 4.37. The lowest BCUT2D eigenvalue weighted by Gasteiger charge is -2.25. The maximum Gasteiger partial charge on any atom is 0.226 e. The van der Waals surface area contributed by atoms with Gasteiger partial charge in [-0.15, -0.1) is 0 Å². The van der Waals surface area contributed by atoms with Crippen molar-refractivity contribution >= 4 is 5.96 Å². The maximum atomic E-state index is 5.65. The molecule has 4 rings (SSSR count). The number of nitrogens with one attached hydrogen (secondary N) is 1. The predicted molar refractivity (Wildman–Crippen MR) is 104 cm³/mol. The standard InChI is InChI=1S/C21H28N4O/c1-16-5-7-17(8-6-16)19-24-18(14-26-19)13-23-20(22-2)25-12-11-21(15-25)9-3-4-10-21/h5-8,14H,3-4,9-13,15H2,1-2H3,(H,22,23). The molecule has 5 nitrogen and oxygen atoms in total. The van der Waals surface area contributed by atoms with Crippen LogP contribution in [-0.4, -0.2) is 36.0 Å². The minimum Gasteiger partial charge on any atom is -0.444 e. The molecule has 0 radical (unpaired) electrons. The van der Waals surface area contributed by atoms with E-state index in [0.717, 1.165) is 30.3 Å². The number of aryl methyl sites for hydroxylation is 1. The molecule has 1 aliphatic carbocycles. The molecule has 5 heteroatoms. The first-order valence-electron chi connectivity index (χ1n) is 9.65. The fraction of sp³-hybridized carbons (Fsp3) is 0.524. The molecule has 138 valence electrons. The first-order chi connectivity index (χ1) is 12.7. The van der Waals surface area contributed by atoms with Gasteiger partial charge in [0.05, 0.1) is 12.2 Å². The van der Waals surface area contributed by atoms with Crippen LogP contribution in [0.15, 0.2) is 39.9 Å². The van der Waals surface area contributed by atoms with Gasteiger partial charge in [-0.2, -0.15) is 0 Å². The van der Waals surface area contributed by atoms with Crippen LogP contribution >= 0.6 is 0 Å². The van der Waals surface area contributed by atoms with Gasteiger partial charge >= 0.3 is 0 Å². The van der Waals surface area contributed by atoms with E-state index in [-0.39, 0.29) is 0 Å². The van der Waals surface area contributed by atoms with Crippen LogP contribution in [0.3, 0.4) is 0 Å². The molecule has 0 unspecified atom stereocenters. The quantitative estimate of drug-likeness (QED) is 0.670. The number of benzene rings is 1. The molecule has 1 spiro atoms. The molecule has 2 aliphatic rings. The second kappa shape index (κ2) is 7.14. The molecule has 1 N–H and O–H groups in total. The number of hydrogen-bond donors (Lipinski definition) is 1. The summed E-state index contributed by atoms with van der Waals surface area (Å²) in [6, 6.07) is 8.24. The van der Waals surface area contributed by atoms with Gasteiger partial charge in [0.2, 0.25) is 5.89 Å². The van der Waals surface area contributed by atoms with Crippen molar-refractivity contribution in [2.75, 3.05) is 20.1 Å². The van der Waals surface area contributed by atoms with Crippen LogP contribution in [0.4, 0.5) is 0 Å². The third-order valence-corrected chi connectivity index (χ3v) is 5.89. The van der Waals surface area contributed by atoms with Gasteiger partial charge < -0.3 is 14.6 Å². The molecular weight excluding hydrogens is 324 g/mol. The average Bonchev–Trinajstić information content (AvgIpc) is 3.39. The summed E-state index contributed by atoms with van der Waals surface area (Å²) in [5.74, 6) is 1.65. The van der Waals surface area contributed by atoms with Crippen molar-refractivity contribution in [3.63, 3.8) is 0 Å². The number of hydrogen-bond acceptors (Lipinski definition) is 3. The number of aromatic nitrogens is 1. The van der Waals surface area contributed by atoms with Crippen molar-refractivity contribution < 1.29 is 4.42 Å². The molecular formula is C21H28N4O. The van der Waals surface area contributed by atoms with E-state index < -0.39 is 0 Å². The summed E-state index contributed by atoms with van der Waals surface area (Å²) in [7, 11) is 1.86. The summed E-state index contributed by atoms with van der Waals surface area (Å²) in [5, 5.41) is 3.46. The third-order valence-electron chi connectivity index (χ3n) is 5.89. The van der Waals surface area contributed by atoms with Crippen LogP contribution in [0, 0.1) is 12.3 Å². The van der Waals surface area contributed by atoms with E-state index in [1.54, 1.807) is 6.26 Å². The molecule has 1 saturated carbocycles. The van der Waals surface area contributed by atoms with Crippen molar-refractivity contribution in [2.24, 2.45) is 10.4 Å². The van der Waals surface area contributed by atoms with Gasteiger partial charge in [0.15, 0.2) is 5.96 Å². The Balaban J connectivity index is 1.37. The van der Waals surface area contributed by atoms with Crippen LogP contribution in [0.2, 0.25) is 0 Å². The van der Waals surface area contributed by atoms with E-state index in [9.17, 15) is 0 Å². The Labute approximate surface area is 155 Å². The summed E-state index contributed by atoms with van der Waals surface area (Å²) < 4.78 is 5.65. The van der Waals surface area contributed by atoms with Gasteiger partial charge in [0.25, 0.3) is 0 Å². The summed E-state index contributed by atoms with van der Waals surface area (Å²) >= 11 is 0. The molecule has 2 aromatic rings. The Hall–Kier alpha value is -2.30. The second-order valence-electron chi connectivity index (χ2n) is 7.79. The Morgan fingerprint density at radius 1 is 1.23 bits per heavy atom. The minimum absolute atomic E-state index is 0.546. The predicted octanol–water partition coefficient (Wildman–Crippen LogP) is 3.99. The van der Waals surface area contributed by atoms with E-state index >= 15 is 0 Å². The van der Waals surface area contributed by atoms with Gasteiger partial charge in [0, 0.05) is 25.7 Å². The minimum atomic E-state index is 0.546. The summed E-state index contributed by atoms with van der Waals surface area (Å²) in [6.07, 6.45) is 8.57. The molecule has 2 heterocycles. The highest BCUT2D eigenvalue weighted by molar-refractivity contribution is 5.80. The third kappa shape index (κ3) is 3.48. The Kier molecular flexibility index (Phi) is 4.70. The lowest BCUT2D eigenvalue weighted by molar-refractivity contribution is 0.309. The zero-order chi connectivity index (χ0) is 18.0. The lowest BCUT2D eigenvalue weighted by Crippen LogP contribution is -2.40. The van der Waals surface area contributed by atoms with E-state index in [0.29, 0.717) is 17.9 Å². The molecule has 2 fully saturated rings. The van der Waals surface area contributed by atoms with E-state index in [2.05, 4.69) is 39.2 Å². The van der Waals surface area contributed by atoms with E-state index in [1.807, 2.05) is 19.2 Å². The summed E-state index contributed by atoms with van der Waals surface area (Å²) in [5.41, 5.74) is 3.69. The second-order valence-corrected chi connectivity index (χ2v) is 7.79. The number of guanidine groups is 1. The monoisotopic (exact) mass is 352 g/mol. The van der Waals surface area contributed by atoms with Crippen LogP contribution in [0.1, 0.15) is 43.4 Å². The maximum absolute atomic E-state index is 5.65. The van der Waals surface area contributed by atoms with Crippen molar-refractivity contribution in [2.45, 2.75) is 45.6 Å². The highest BCUT2D eigenvalue weighted by Gasteiger charge is 2.41. The van der Waals surface area contributed by atoms with Crippen LogP contribution < -0.4 is 5.32 Å². The number of oxazole rings is 1. The summed E-state index contributed by atoms with van der Waals surface area (Å²) in [6.45, 7) is 4.95. The highest BCUT2D eigenvalue weighted by Crippen LogP contribution is 2.45. The zero-order valence-corrected chi connectivity index (χ0v) is 15.8. The van der Waals surface area contributed by atoms with Gasteiger partial charge in [-0.05, 0) is 43.7 Å². The number of nitrogens with zero attached hydrogens (tertiary/aromatic N) is 3. The van der Waals surface area contributed by atoms with Crippen molar-refractivity contribution in [3.05, 3.63) is 41.8 Å². The number of rotatable bonds is 3. The smallest absolute Gasteiger partial charge is 0.226 e. The molecule has 1 aromatic heterocycles. The van der Waals surface area contributed by atoms with Gasteiger partial charge in [-0.25, -0.2) is 4.98 Å². The topological polar surface area (TPSA) is 53.7 Å². The van der Waals surface area contributed by atoms with Crippen LogP contribution in [0.5, 0.6) is 0 Å². The zero-order valence-electron chi connectivity index (χ0n) is 15.8. The molecule has 1 saturated heterocycles. The molecule has 1 aromatic carbocycles. The normalized spacial score (nSPS) is 19.5. The Morgan fingerprint density at radius 2 is 2.00 bits per heavy atom. The average molecular weight is 352 g/mol. The first kappa shape index (κ1) is 17.1. The van der Waals surface area contributed by atoms with Crippen molar-refractivity contribution in [1.29, 1.82) is 0 Å². The highest BCUT2D eigenvalue weighted by atomic mass is 16.3. The van der Waals surface area contributed by atoms with Crippen molar-refractivity contribution in [3.8, 4) is 11.5 Å². The molecule has 0 amide bonds. The van der Waals surface area contributed by atoms with Gasteiger partial charge in [-0.1, -0.05) is 30.5 Å². The molecule has 0 bridgehead atoms. The lowest BCUT2D eigenvalue weighted by atomic mass is 9.86. The van der Waals surface area contributed by atoms with Crippen LogP contribution in [0.25, 0.3) is 11.5 Å². The van der Waals surface area contributed by atoms with Gasteiger partial charge in [0.1, 0.15) is 6.26 Å². The number of aliphatic imine (C=N–C) groups is 1. The van der Waals surface area contributed by atoms with E-state index in [4.69, 9.17) is 4.42 Å². The van der Waals surface area contributed by atoms with Crippen LogP contribution in [-0.2, 0) is 6.54 Å². The van der Waals surface area contributed by atoms with Crippen molar-refractivity contribution in [1.82, 2.24) is 15.2 Å². The summed E-state index contributed by atoms with van der Waals surface area (Å²) in [4.78, 5) is 11.5. The van der Waals surface area contributed by atoms with E-state index in [1.165, 1.54) is 37.7 Å². The fourth-order valence-electron chi connectivity index (χ4n) is 4.37. The Morgan fingerprint density at radius 3 is 2.73 bits per heavy atom. The molecule has 26 heavy (non-hydrogen) atoms. The SMILES string of the molecule is CN=C(NCc1coc(-c2ccc(C)cc2)n1)N1CCC2(CCCC2)C1.